The molecule has 0 unspecified atom stereocenters. The maximum absolute atomic E-state index is 11.4. The van der Waals surface area contributed by atoms with E-state index in [9.17, 15) is 9.59 Å². The monoisotopic (exact) mass is 246 g/mol. The Morgan fingerprint density at radius 3 is 2.39 bits per heavy atom. The second-order valence-electron chi connectivity index (χ2n) is 4.59. The lowest BCUT2D eigenvalue weighted by atomic mass is 10.1. The molecule has 1 saturated heterocycles. The minimum absolute atomic E-state index is 0.0647. The second-order valence-corrected chi connectivity index (χ2v) is 4.59. The highest BCUT2D eigenvalue weighted by Gasteiger charge is 2.16. The molecule has 1 heterocycles. The summed E-state index contributed by atoms with van der Waals surface area (Å²) in [6.07, 6.45) is 1.33. The average molecular weight is 246 g/mol. The SMILES string of the molecule is CNC(=O)c1ccc(CN2CCC(=O)CC2)cc1. The van der Waals surface area contributed by atoms with E-state index < -0.39 is 0 Å². The molecule has 0 spiro atoms. The summed E-state index contributed by atoms with van der Waals surface area (Å²) in [5, 5.41) is 2.60. The van der Waals surface area contributed by atoms with Gasteiger partial charge in [0.25, 0.3) is 5.91 Å². The van der Waals surface area contributed by atoms with E-state index in [4.69, 9.17) is 0 Å². The number of carbonyl (C=O) groups is 2. The Labute approximate surface area is 107 Å². The first-order chi connectivity index (χ1) is 8.69. The molecule has 18 heavy (non-hydrogen) atoms. The van der Waals surface area contributed by atoms with Crippen LogP contribution in [0.4, 0.5) is 0 Å². The lowest BCUT2D eigenvalue weighted by Gasteiger charge is -2.25. The van der Waals surface area contributed by atoms with Crippen molar-refractivity contribution in [2.45, 2.75) is 19.4 Å². The van der Waals surface area contributed by atoms with Crippen LogP contribution in [0.5, 0.6) is 0 Å². The molecule has 4 heteroatoms. The van der Waals surface area contributed by atoms with Gasteiger partial charge in [0.05, 0.1) is 0 Å². The number of piperidine rings is 1. The van der Waals surface area contributed by atoms with E-state index in [1.807, 2.05) is 24.3 Å². The summed E-state index contributed by atoms with van der Waals surface area (Å²) in [5.74, 6) is 0.298. The van der Waals surface area contributed by atoms with E-state index in [2.05, 4.69) is 10.2 Å². The minimum atomic E-state index is -0.0647. The normalized spacial score (nSPS) is 16.6. The summed E-state index contributed by atoms with van der Waals surface area (Å²) in [7, 11) is 1.63. The Kier molecular flexibility index (Phi) is 4.10. The third-order valence-corrected chi connectivity index (χ3v) is 3.26. The fourth-order valence-corrected chi connectivity index (χ4v) is 2.12. The van der Waals surface area contributed by atoms with Crippen LogP contribution in [0.15, 0.2) is 24.3 Å². The Hall–Kier alpha value is -1.68. The van der Waals surface area contributed by atoms with Gasteiger partial charge in [-0.25, -0.2) is 0 Å². The number of amides is 1. The Balaban J connectivity index is 1.94. The Morgan fingerprint density at radius 2 is 1.83 bits per heavy atom. The van der Waals surface area contributed by atoms with Crippen molar-refractivity contribution < 1.29 is 9.59 Å². The number of nitrogens with zero attached hydrogens (tertiary/aromatic N) is 1. The largest absolute Gasteiger partial charge is 0.355 e. The first-order valence-corrected chi connectivity index (χ1v) is 6.24. The van der Waals surface area contributed by atoms with Crippen molar-refractivity contribution in [3.05, 3.63) is 35.4 Å². The maximum Gasteiger partial charge on any atom is 0.251 e. The maximum atomic E-state index is 11.4. The van der Waals surface area contributed by atoms with Gasteiger partial charge in [-0.3, -0.25) is 14.5 Å². The molecule has 1 aromatic rings. The number of likely N-dealkylation sites (tertiary alicyclic amines) is 1. The quantitative estimate of drug-likeness (QED) is 0.872. The molecule has 0 aromatic heterocycles. The van der Waals surface area contributed by atoms with E-state index >= 15 is 0 Å². The lowest BCUT2D eigenvalue weighted by molar-refractivity contribution is -0.121. The van der Waals surface area contributed by atoms with Gasteiger partial charge >= 0.3 is 0 Å². The zero-order valence-corrected chi connectivity index (χ0v) is 10.6. The van der Waals surface area contributed by atoms with Crippen molar-refractivity contribution in [3.63, 3.8) is 0 Å². The lowest BCUT2D eigenvalue weighted by Crippen LogP contribution is -2.33. The van der Waals surface area contributed by atoms with E-state index in [0.29, 0.717) is 24.2 Å². The van der Waals surface area contributed by atoms with E-state index in [-0.39, 0.29) is 5.91 Å². The van der Waals surface area contributed by atoms with Crippen LogP contribution in [-0.4, -0.2) is 36.7 Å². The number of ketones is 1. The summed E-state index contributed by atoms with van der Waals surface area (Å²) >= 11 is 0. The molecule has 0 aliphatic carbocycles. The van der Waals surface area contributed by atoms with Crippen molar-refractivity contribution in [1.82, 2.24) is 10.2 Å². The zero-order valence-electron chi connectivity index (χ0n) is 10.6. The summed E-state index contributed by atoms with van der Waals surface area (Å²) in [6.45, 7) is 2.54. The van der Waals surface area contributed by atoms with E-state index in [1.54, 1.807) is 7.05 Å². The van der Waals surface area contributed by atoms with Gasteiger partial charge < -0.3 is 5.32 Å². The van der Waals surface area contributed by atoms with Crippen molar-refractivity contribution in [2.75, 3.05) is 20.1 Å². The third kappa shape index (κ3) is 3.17. The van der Waals surface area contributed by atoms with Gasteiger partial charge in [0.2, 0.25) is 0 Å². The molecule has 0 saturated carbocycles. The van der Waals surface area contributed by atoms with Gasteiger partial charge in [-0.1, -0.05) is 12.1 Å². The number of benzene rings is 1. The van der Waals surface area contributed by atoms with Crippen molar-refractivity contribution in [2.24, 2.45) is 0 Å². The molecule has 4 nitrogen and oxygen atoms in total. The van der Waals surface area contributed by atoms with E-state index in [1.165, 1.54) is 5.56 Å². The number of rotatable bonds is 3. The summed E-state index contributed by atoms with van der Waals surface area (Å²) in [6, 6.07) is 7.62. The van der Waals surface area contributed by atoms with Gasteiger partial charge in [-0.2, -0.15) is 0 Å². The number of hydrogen-bond acceptors (Lipinski definition) is 3. The van der Waals surface area contributed by atoms with Crippen LogP contribution >= 0.6 is 0 Å². The van der Waals surface area contributed by atoms with Crippen LogP contribution in [0.3, 0.4) is 0 Å². The topological polar surface area (TPSA) is 49.4 Å². The van der Waals surface area contributed by atoms with Gasteiger partial charge in [-0.05, 0) is 17.7 Å². The smallest absolute Gasteiger partial charge is 0.251 e. The molecule has 0 radical (unpaired) electrons. The molecule has 2 rings (SSSR count). The highest BCUT2D eigenvalue weighted by Crippen LogP contribution is 2.12. The molecule has 96 valence electrons. The number of hydrogen-bond donors (Lipinski definition) is 1. The number of Topliss-reactive ketones (excluding diaryl/α,β-unsaturated/α-hetero) is 1. The predicted octanol–water partition coefficient (Wildman–Crippen LogP) is 1.21. The molecule has 1 aliphatic heterocycles. The van der Waals surface area contributed by atoms with Crippen LogP contribution in [0.2, 0.25) is 0 Å². The zero-order chi connectivity index (χ0) is 13.0. The molecule has 0 bridgehead atoms. The molecular formula is C14H18N2O2. The number of carbonyl (C=O) groups excluding carboxylic acids is 2. The van der Waals surface area contributed by atoms with Gasteiger partial charge in [0, 0.05) is 45.1 Å². The van der Waals surface area contributed by atoms with Crippen LogP contribution in [0.1, 0.15) is 28.8 Å². The van der Waals surface area contributed by atoms with Gasteiger partial charge in [0.15, 0.2) is 0 Å². The van der Waals surface area contributed by atoms with Crippen LogP contribution in [0.25, 0.3) is 0 Å². The standard InChI is InChI=1S/C14H18N2O2/c1-15-14(18)12-4-2-11(3-5-12)10-16-8-6-13(17)7-9-16/h2-5H,6-10H2,1H3,(H,15,18). The van der Waals surface area contributed by atoms with Crippen molar-refractivity contribution in [3.8, 4) is 0 Å². The molecule has 1 fully saturated rings. The highest BCUT2D eigenvalue weighted by molar-refractivity contribution is 5.93. The van der Waals surface area contributed by atoms with Crippen molar-refractivity contribution >= 4 is 11.7 Å². The molecule has 1 aliphatic rings. The van der Waals surface area contributed by atoms with Crippen LogP contribution < -0.4 is 5.32 Å². The first-order valence-electron chi connectivity index (χ1n) is 6.24. The average Bonchev–Trinajstić information content (AvgIpc) is 2.41. The summed E-state index contributed by atoms with van der Waals surface area (Å²) < 4.78 is 0. The summed E-state index contributed by atoms with van der Waals surface area (Å²) in [5.41, 5.74) is 1.85. The fraction of sp³-hybridized carbons (Fsp3) is 0.429. The molecule has 1 aromatic carbocycles. The van der Waals surface area contributed by atoms with Gasteiger partial charge in [0.1, 0.15) is 5.78 Å². The number of nitrogens with one attached hydrogen (secondary N) is 1. The van der Waals surface area contributed by atoms with Crippen LogP contribution in [0, 0.1) is 0 Å². The highest BCUT2D eigenvalue weighted by atomic mass is 16.1. The Bertz CT molecular complexity index is 430. The predicted molar refractivity (Wildman–Crippen MR) is 69.4 cm³/mol. The third-order valence-electron chi connectivity index (χ3n) is 3.26. The fourth-order valence-electron chi connectivity index (χ4n) is 2.12. The molecule has 1 N–H and O–H groups in total. The summed E-state index contributed by atoms with van der Waals surface area (Å²) in [4.78, 5) is 24.8. The van der Waals surface area contributed by atoms with Crippen molar-refractivity contribution in [1.29, 1.82) is 0 Å². The van der Waals surface area contributed by atoms with Crippen LogP contribution in [-0.2, 0) is 11.3 Å². The minimum Gasteiger partial charge on any atom is -0.355 e. The van der Waals surface area contributed by atoms with E-state index in [0.717, 1.165) is 19.6 Å². The molecule has 0 atom stereocenters. The second kappa shape index (κ2) is 5.78. The Morgan fingerprint density at radius 1 is 1.22 bits per heavy atom. The molecule has 1 amide bonds. The first kappa shape index (κ1) is 12.8. The molecular weight excluding hydrogens is 228 g/mol. The van der Waals surface area contributed by atoms with Gasteiger partial charge in [-0.15, -0.1) is 0 Å².